The van der Waals surface area contributed by atoms with E-state index in [0.29, 0.717) is 12.1 Å². The summed E-state index contributed by atoms with van der Waals surface area (Å²) >= 11 is 5.37. The second-order valence-corrected chi connectivity index (χ2v) is 4.14. The molecule has 0 aliphatic heterocycles. The summed E-state index contributed by atoms with van der Waals surface area (Å²) in [7, 11) is 0. The third-order valence-corrected chi connectivity index (χ3v) is 3.05. The van der Waals surface area contributed by atoms with Crippen molar-refractivity contribution >= 4 is 17.3 Å². The fourth-order valence-electron chi connectivity index (χ4n) is 1.47. The second kappa shape index (κ2) is 7.04. The van der Waals surface area contributed by atoms with Crippen LogP contribution in [0, 0.1) is 0 Å². The standard InChI is InChI=1S/C11H24N2S/c1-6-9(4)13(10(5)7-2)11(14)12-8-3/h9-10H,6-8H2,1-5H3,(H,12,14). The van der Waals surface area contributed by atoms with E-state index in [0.717, 1.165) is 24.5 Å². The molecule has 0 aromatic rings. The Kier molecular flexibility index (Phi) is 6.89. The van der Waals surface area contributed by atoms with E-state index in [-0.39, 0.29) is 0 Å². The zero-order valence-electron chi connectivity index (χ0n) is 10.1. The van der Waals surface area contributed by atoms with Gasteiger partial charge in [-0.3, -0.25) is 0 Å². The fraction of sp³-hybridized carbons (Fsp3) is 0.909. The molecule has 14 heavy (non-hydrogen) atoms. The Morgan fingerprint density at radius 1 is 1.14 bits per heavy atom. The molecule has 0 aliphatic rings. The van der Waals surface area contributed by atoms with Crippen molar-refractivity contribution in [3.63, 3.8) is 0 Å². The van der Waals surface area contributed by atoms with Crippen LogP contribution in [-0.4, -0.2) is 28.6 Å². The Balaban J connectivity index is 4.45. The molecule has 0 saturated heterocycles. The molecule has 1 N–H and O–H groups in total. The zero-order valence-corrected chi connectivity index (χ0v) is 10.9. The molecule has 0 bridgehead atoms. The first-order valence-electron chi connectivity index (χ1n) is 5.64. The van der Waals surface area contributed by atoms with Crippen LogP contribution in [0.1, 0.15) is 47.5 Å². The van der Waals surface area contributed by atoms with Gasteiger partial charge < -0.3 is 10.2 Å². The van der Waals surface area contributed by atoms with Crippen molar-refractivity contribution in [2.45, 2.75) is 59.5 Å². The van der Waals surface area contributed by atoms with Gasteiger partial charge in [-0.25, -0.2) is 0 Å². The number of rotatable bonds is 5. The van der Waals surface area contributed by atoms with Crippen molar-refractivity contribution in [1.82, 2.24) is 10.2 Å². The molecule has 0 radical (unpaired) electrons. The van der Waals surface area contributed by atoms with Crippen LogP contribution in [0.25, 0.3) is 0 Å². The molecule has 0 aromatic carbocycles. The molecule has 0 heterocycles. The van der Waals surface area contributed by atoms with Gasteiger partial charge in [-0.05, 0) is 45.8 Å². The van der Waals surface area contributed by atoms with Gasteiger partial charge in [-0.15, -0.1) is 0 Å². The highest BCUT2D eigenvalue weighted by atomic mass is 32.1. The smallest absolute Gasteiger partial charge is 0.169 e. The van der Waals surface area contributed by atoms with Crippen molar-refractivity contribution < 1.29 is 0 Å². The molecule has 2 atom stereocenters. The number of nitrogens with one attached hydrogen (secondary N) is 1. The molecule has 2 nitrogen and oxygen atoms in total. The topological polar surface area (TPSA) is 15.3 Å². The number of hydrogen-bond donors (Lipinski definition) is 1. The van der Waals surface area contributed by atoms with Gasteiger partial charge in [0.25, 0.3) is 0 Å². The minimum atomic E-state index is 0.525. The van der Waals surface area contributed by atoms with Crippen LogP contribution in [0.4, 0.5) is 0 Å². The van der Waals surface area contributed by atoms with Crippen molar-refractivity contribution in [3.8, 4) is 0 Å². The van der Waals surface area contributed by atoms with Crippen LogP contribution in [-0.2, 0) is 0 Å². The summed E-state index contributed by atoms with van der Waals surface area (Å²) in [6.07, 6.45) is 2.27. The third kappa shape index (κ3) is 3.82. The Bertz CT molecular complexity index is 161. The lowest BCUT2D eigenvalue weighted by Gasteiger charge is -2.36. The minimum Gasteiger partial charge on any atom is -0.363 e. The van der Waals surface area contributed by atoms with E-state index in [1.54, 1.807) is 0 Å². The van der Waals surface area contributed by atoms with E-state index in [4.69, 9.17) is 12.2 Å². The molecular formula is C11H24N2S. The van der Waals surface area contributed by atoms with Crippen LogP contribution in [0.5, 0.6) is 0 Å². The van der Waals surface area contributed by atoms with E-state index in [1.807, 2.05) is 0 Å². The summed E-state index contributed by atoms with van der Waals surface area (Å²) in [6.45, 7) is 11.9. The SMILES string of the molecule is CCNC(=S)N(C(C)CC)C(C)CC. The van der Waals surface area contributed by atoms with Crippen LogP contribution in [0.3, 0.4) is 0 Å². The lowest BCUT2D eigenvalue weighted by Crippen LogP contribution is -2.49. The highest BCUT2D eigenvalue weighted by molar-refractivity contribution is 7.80. The Morgan fingerprint density at radius 2 is 1.57 bits per heavy atom. The molecule has 0 spiro atoms. The lowest BCUT2D eigenvalue weighted by atomic mass is 10.1. The predicted octanol–water partition coefficient (Wildman–Crippen LogP) is 2.78. The zero-order chi connectivity index (χ0) is 11.1. The van der Waals surface area contributed by atoms with Gasteiger partial charge in [0.1, 0.15) is 0 Å². The average molecular weight is 216 g/mol. The summed E-state index contributed by atoms with van der Waals surface area (Å²) in [5.41, 5.74) is 0. The molecular weight excluding hydrogens is 192 g/mol. The first kappa shape index (κ1) is 13.7. The quantitative estimate of drug-likeness (QED) is 0.711. The van der Waals surface area contributed by atoms with Gasteiger partial charge in [0.05, 0.1) is 0 Å². The van der Waals surface area contributed by atoms with Crippen LogP contribution >= 0.6 is 12.2 Å². The number of thiocarbonyl (C=S) groups is 1. The molecule has 0 fully saturated rings. The Morgan fingerprint density at radius 3 is 1.86 bits per heavy atom. The minimum absolute atomic E-state index is 0.525. The van der Waals surface area contributed by atoms with Crippen molar-refractivity contribution in [2.75, 3.05) is 6.54 Å². The summed E-state index contributed by atoms with van der Waals surface area (Å²) in [5.74, 6) is 0. The summed E-state index contributed by atoms with van der Waals surface area (Å²) < 4.78 is 0. The summed E-state index contributed by atoms with van der Waals surface area (Å²) in [4.78, 5) is 2.32. The van der Waals surface area contributed by atoms with Crippen LogP contribution < -0.4 is 5.32 Å². The maximum absolute atomic E-state index is 5.37. The molecule has 0 aliphatic carbocycles. The van der Waals surface area contributed by atoms with Crippen molar-refractivity contribution in [3.05, 3.63) is 0 Å². The summed E-state index contributed by atoms with van der Waals surface area (Å²) in [5, 5.41) is 4.13. The maximum Gasteiger partial charge on any atom is 0.169 e. The van der Waals surface area contributed by atoms with Gasteiger partial charge in [-0.1, -0.05) is 13.8 Å². The van der Waals surface area contributed by atoms with E-state index in [2.05, 4.69) is 44.8 Å². The first-order valence-corrected chi connectivity index (χ1v) is 6.05. The van der Waals surface area contributed by atoms with Crippen molar-refractivity contribution in [1.29, 1.82) is 0 Å². The maximum atomic E-state index is 5.37. The Hall–Kier alpha value is -0.310. The van der Waals surface area contributed by atoms with E-state index < -0.39 is 0 Å². The van der Waals surface area contributed by atoms with Crippen LogP contribution in [0.2, 0.25) is 0 Å². The Labute approximate surface area is 94.1 Å². The first-order chi connectivity index (χ1) is 6.58. The second-order valence-electron chi connectivity index (χ2n) is 3.76. The van der Waals surface area contributed by atoms with Gasteiger partial charge in [-0.2, -0.15) is 0 Å². The van der Waals surface area contributed by atoms with Gasteiger partial charge in [0.15, 0.2) is 5.11 Å². The molecule has 0 aromatic heterocycles. The summed E-state index contributed by atoms with van der Waals surface area (Å²) in [6, 6.07) is 1.05. The lowest BCUT2D eigenvalue weighted by molar-refractivity contribution is 0.248. The normalized spacial score (nSPS) is 14.6. The highest BCUT2D eigenvalue weighted by Gasteiger charge is 2.19. The largest absolute Gasteiger partial charge is 0.363 e. The van der Waals surface area contributed by atoms with E-state index >= 15 is 0 Å². The van der Waals surface area contributed by atoms with Crippen LogP contribution in [0.15, 0.2) is 0 Å². The van der Waals surface area contributed by atoms with E-state index in [9.17, 15) is 0 Å². The molecule has 0 saturated carbocycles. The van der Waals surface area contributed by atoms with E-state index in [1.165, 1.54) is 0 Å². The molecule has 2 unspecified atom stereocenters. The van der Waals surface area contributed by atoms with Gasteiger partial charge in [0.2, 0.25) is 0 Å². The molecule has 84 valence electrons. The molecule has 3 heteroatoms. The van der Waals surface area contributed by atoms with Crippen molar-refractivity contribution in [2.24, 2.45) is 0 Å². The highest BCUT2D eigenvalue weighted by Crippen LogP contribution is 2.11. The fourth-order valence-corrected chi connectivity index (χ4v) is 1.97. The number of nitrogens with zero attached hydrogens (tertiary/aromatic N) is 1. The third-order valence-electron chi connectivity index (χ3n) is 2.69. The average Bonchev–Trinajstić information content (AvgIpc) is 2.17. The van der Waals surface area contributed by atoms with Gasteiger partial charge >= 0.3 is 0 Å². The monoisotopic (exact) mass is 216 g/mol. The predicted molar refractivity (Wildman–Crippen MR) is 67.6 cm³/mol. The van der Waals surface area contributed by atoms with Gasteiger partial charge in [0, 0.05) is 18.6 Å². The molecule has 0 amide bonds. The number of hydrogen-bond acceptors (Lipinski definition) is 1. The molecule has 0 rings (SSSR count).